The molecular weight excluding hydrogens is 179 g/mol. The number of benzene rings is 1. The lowest BCUT2D eigenvalue weighted by atomic mass is 9.92. The summed E-state index contributed by atoms with van der Waals surface area (Å²) in [6.07, 6.45) is 2.78. The minimum Gasteiger partial charge on any atom is -0.396 e. The van der Waals surface area contributed by atoms with E-state index in [0.29, 0.717) is 5.92 Å². The van der Waals surface area contributed by atoms with Crippen LogP contribution in [0.25, 0.3) is 0 Å². The Balaban J connectivity index is 2.75. The van der Waals surface area contributed by atoms with Gasteiger partial charge >= 0.3 is 0 Å². The smallest absolute Gasteiger partial charge is 0.123 e. The Morgan fingerprint density at radius 2 is 2.14 bits per heavy atom. The largest absolute Gasteiger partial charge is 0.396 e. The predicted octanol–water partition coefficient (Wildman–Crippen LogP) is 3.09. The van der Waals surface area contributed by atoms with Crippen LogP contribution in [-0.4, -0.2) is 11.7 Å². The molecule has 0 spiro atoms. The molecule has 0 heterocycles. The van der Waals surface area contributed by atoms with Crippen molar-refractivity contribution in [1.29, 1.82) is 0 Å². The van der Waals surface area contributed by atoms with Gasteiger partial charge in [-0.2, -0.15) is 0 Å². The van der Waals surface area contributed by atoms with E-state index in [1.165, 1.54) is 6.07 Å². The summed E-state index contributed by atoms with van der Waals surface area (Å²) in [6, 6.07) is 6.67. The zero-order valence-electron chi connectivity index (χ0n) is 8.54. The molecule has 1 atom stereocenters. The Kier molecular flexibility index (Phi) is 4.60. The molecule has 0 aliphatic heterocycles. The van der Waals surface area contributed by atoms with Gasteiger partial charge in [-0.15, -0.1) is 0 Å². The molecule has 1 aromatic carbocycles. The SMILES string of the molecule is CCCC(CCO)c1cccc(F)c1. The molecule has 14 heavy (non-hydrogen) atoms. The Morgan fingerprint density at radius 3 is 2.71 bits per heavy atom. The van der Waals surface area contributed by atoms with E-state index in [1.54, 1.807) is 12.1 Å². The molecule has 1 rings (SSSR count). The zero-order valence-corrected chi connectivity index (χ0v) is 8.54. The van der Waals surface area contributed by atoms with E-state index in [1.807, 2.05) is 6.07 Å². The minimum absolute atomic E-state index is 0.168. The molecule has 1 nitrogen and oxygen atoms in total. The number of hydrogen-bond donors (Lipinski definition) is 1. The molecule has 0 saturated heterocycles. The Labute approximate surface area is 84.6 Å². The van der Waals surface area contributed by atoms with Crippen LogP contribution in [0.4, 0.5) is 4.39 Å². The molecule has 0 saturated carbocycles. The highest BCUT2D eigenvalue weighted by Crippen LogP contribution is 2.24. The number of rotatable bonds is 5. The van der Waals surface area contributed by atoms with Crippen LogP contribution in [0.15, 0.2) is 24.3 Å². The van der Waals surface area contributed by atoms with Gasteiger partial charge in [0.15, 0.2) is 0 Å². The average molecular weight is 196 g/mol. The van der Waals surface area contributed by atoms with Crippen molar-refractivity contribution >= 4 is 0 Å². The van der Waals surface area contributed by atoms with Crippen molar-refractivity contribution < 1.29 is 9.50 Å². The van der Waals surface area contributed by atoms with Crippen molar-refractivity contribution in [2.45, 2.75) is 32.1 Å². The summed E-state index contributed by atoms with van der Waals surface area (Å²) in [4.78, 5) is 0. The number of aliphatic hydroxyl groups excluding tert-OH is 1. The first-order valence-electron chi connectivity index (χ1n) is 5.14. The van der Waals surface area contributed by atoms with E-state index in [4.69, 9.17) is 5.11 Å². The molecule has 1 aromatic rings. The van der Waals surface area contributed by atoms with Crippen LogP contribution in [-0.2, 0) is 0 Å². The fraction of sp³-hybridized carbons (Fsp3) is 0.500. The minimum atomic E-state index is -0.193. The monoisotopic (exact) mass is 196 g/mol. The molecule has 0 bridgehead atoms. The van der Waals surface area contributed by atoms with Gasteiger partial charge in [-0.3, -0.25) is 0 Å². The summed E-state index contributed by atoms with van der Waals surface area (Å²) in [5.74, 6) is 0.0993. The quantitative estimate of drug-likeness (QED) is 0.767. The molecular formula is C12H17FO. The van der Waals surface area contributed by atoms with E-state index in [9.17, 15) is 4.39 Å². The highest BCUT2D eigenvalue weighted by atomic mass is 19.1. The number of hydrogen-bond acceptors (Lipinski definition) is 1. The molecule has 0 radical (unpaired) electrons. The molecule has 1 N–H and O–H groups in total. The summed E-state index contributed by atoms with van der Waals surface area (Å²) in [5.41, 5.74) is 1.00. The Bertz CT molecular complexity index is 267. The first-order chi connectivity index (χ1) is 6.77. The topological polar surface area (TPSA) is 20.2 Å². The third-order valence-corrected chi connectivity index (χ3v) is 2.43. The highest BCUT2D eigenvalue weighted by molar-refractivity contribution is 5.20. The lowest BCUT2D eigenvalue weighted by Gasteiger charge is -2.15. The molecule has 0 aliphatic carbocycles. The third-order valence-electron chi connectivity index (χ3n) is 2.43. The van der Waals surface area contributed by atoms with Crippen LogP contribution in [0.1, 0.15) is 37.7 Å². The Hall–Kier alpha value is -0.890. The van der Waals surface area contributed by atoms with Gasteiger partial charge in [-0.05, 0) is 36.5 Å². The normalized spacial score (nSPS) is 12.8. The first kappa shape index (κ1) is 11.2. The van der Waals surface area contributed by atoms with Gasteiger partial charge in [0.2, 0.25) is 0 Å². The van der Waals surface area contributed by atoms with Crippen molar-refractivity contribution in [2.24, 2.45) is 0 Å². The van der Waals surface area contributed by atoms with Crippen LogP contribution in [0.3, 0.4) is 0 Å². The first-order valence-corrected chi connectivity index (χ1v) is 5.14. The summed E-state index contributed by atoms with van der Waals surface area (Å²) in [6.45, 7) is 2.27. The molecule has 0 aromatic heterocycles. The van der Waals surface area contributed by atoms with E-state index in [2.05, 4.69) is 6.92 Å². The summed E-state index contributed by atoms with van der Waals surface area (Å²) >= 11 is 0. The van der Waals surface area contributed by atoms with Gasteiger partial charge in [0.25, 0.3) is 0 Å². The van der Waals surface area contributed by atoms with Crippen molar-refractivity contribution in [1.82, 2.24) is 0 Å². The molecule has 0 amide bonds. The average Bonchev–Trinajstić information content (AvgIpc) is 2.17. The van der Waals surface area contributed by atoms with Crippen molar-refractivity contribution in [3.05, 3.63) is 35.6 Å². The highest BCUT2D eigenvalue weighted by Gasteiger charge is 2.10. The molecule has 0 aliphatic rings. The van der Waals surface area contributed by atoms with Gasteiger partial charge in [-0.25, -0.2) is 4.39 Å². The molecule has 1 unspecified atom stereocenters. The maximum absolute atomic E-state index is 12.9. The van der Waals surface area contributed by atoms with Gasteiger partial charge < -0.3 is 5.11 Å². The van der Waals surface area contributed by atoms with Crippen molar-refractivity contribution in [2.75, 3.05) is 6.61 Å². The Morgan fingerprint density at radius 1 is 1.36 bits per heavy atom. The zero-order chi connectivity index (χ0) is 10.4. The van der Waals surface area contributed by atoms with Gasteiger partial charge in [0, 0.05) is 6.61 Å². The van der Waals surface area contributed by atoms with E-state index < -0.39 is 0 Å². The predicted molar refractivity (Wildman–Crippen MR) is 55.8 cm³/mol. The van der Waals surface area contributed by atoms with Crippen LogP contribution in [0.2, 0.25) is 0 Å². The fourth-order valence-electron chi connectivity index (χ4n) is 1.74. The second-order valence-corrected chi connectivity index (χ2v) is 3.55. The van der Waals surface area contributed by atoms with Crippen LogP contribution in [0.5, 0.6) is 0 Å². The number of aliphatic hydroxyl groups is 1. The van der Waals surface area contributed by atoms with E-state index in [0.717, 1.165) is 24.8 Å². The van der Waals surface area contributed by atoms with Gasteiger partial charge in [0.05, 0.1) is 0 Å². The number of halogens is 1. The van der Waals surface area contributed by atoms with Gasteiger partial charge in [-0.1, -0.05) is 25.5 Å². The summed E-state index contributed by atoms with van der Waals surface area (Å²) in [7, 11) is 0. The lowest BCUT2D eigenvalue weighted by Crippen LogP contribution is -2.01. The van der Waals surface area contributed by atoms with Crippen LogP contribution in [0, 0.1) is 5.82 Å². The van der Waals surface area contributed by atoms with Crippen molar-refractivity contribution in [3.8, 4) is 0 Å². The van der Waals surface area contributed by atoms with Crippen LogP contribution >= 0.6 is 0 Å². The maximum Gasteiger partial charge on any atom is 0.123 e. The van der Waals surface area contributed by atoms with Crippen molar-refractivity contribution in [3.63, 3.8) is 0 Å². The third kappa shape index (κ3) is 3.11. The summed E-state index contributed by atoms with van der Waals surface area (Å²) < 4.78 is 12.9. The second kappa shape index (κ2) is 5.76. The molecule has 78 valence electrons. The molecule has 2 heteroatoms. The maximum atomic E-state index is 12.9. The van der Waals surface area contributed by atoms with E-state index >= 15 is 0 Å². The fourth-order valence-corrected chi connectivity index (χ4v) is 1.74. The summed E-state index contributed by atoms with van der Waals surface area (Å²) in [5, 5.41) is 8.90. The van der Waals surface area contributed by atoms with E-state index in [-0.39, 0.29) is 12.4 Å². The van der Waals surface area contributed by atoms with Crippen LogP contribution < -0.4 is 0 Å². The molecule has 0 fully saturated rings. The van der Waals surface area contributed by atoms with Gasteiger partial charge in [0.1, 0.15) is 5.82 Å². The second-order valence-electron chi connectivity index (χ2n) is 3.55. The lowest BCUT2D eigenvalue weighted by molar-refractivity contribution is 0.272. The standard InChI is InChI=1S/C12H17FO/c1-2-4-10(7-8-14)11-5-3-6-12(13)9-11/h3,5-6,9-10,14H,2,4,7-8H2,1H3.